The number of hydrogen-bond donors (Lipinski definition) is 1. The van der Waals surface area contributed by atoms with Gasteiger partial charge in [0.25, 0.3) is 5.78 Å². The lowest BCUT2D eigenvalue weighted by Gasteiger charge is -2.20. The van der Waals surface area contributed by atoms with E-state index in [1.54, 1.807) is 20.8 Å². The van der Waals surface area contributed by atoms with Gasteiger partial charge < -0.3 is 4.74 Å². The summed E-state index contributed by atoms with van der Waals surface area (Å²) >= 11 is 0. The van der Waals surface area contributed by atoms with Crippen molar-refractivity contribution < 1.29 is 27.5 Å². The van der Waals surface area contributed by atoms with Crippen LogP contribution in [0.15, 0.2) is 18.5 Å². The number of pyridine rings is 1. The summed E-state index contributed by atoms with van der Waals surface area (Å²) in [6.07, 6.45) is -4.12. The Balaban J connectivity index is 2.98. The molecule has 0 aliphatic rings. The number of aromatic nitrogens is 1. The third-order valence-corrected chi connectivity index (χ3v) is 1.96. The van der Waals surface area contributed by atoms with Gasteiger partial charge >= 0.3 is 12.3 Å². The second kappa shape index (κ2) is 5.48. The van der Waals surface area contributed by atoms with E-state index >= 15 is 0 Å². The number of nitrogens with one attached hydrogen (secondary N) is 1. The molecular weight excluding hydrogens is 277 g/mol. The number of ketones is 1. The average molecular weight is 290 g/mol. The molecule has 0 atom stereocenters. The standard InChI is InChI=1S/C12H13F3N2O3/c1-11(2,3)20-10(19)17-8-4-5-16-6-7(8)9(18)12(13,14)15/h4-6H,1-3H3,(H,16,17,19). The van der Waals surface area contributed by atoms with Crippen molar-refractivity contribution in [2.75, 3.05) is 5.32 Å². The zero-order valence-electron chi connectivity index (χ0n) is 11.0. The quantitative estimate of drug-likeness (QED) is 0.849. The molecule has 1 rings (SSSR count). The number of amides is 1. The Morgan fingerprint density at radius 3 is 2.35 bits per heavy atom. The highest BCUT2D eigenvalue weighted by atomic mass is 19.4. The number of ether oxygens (including phenoxy) is 1. The maximum absolute atomic E-state index is 12.4. The Hall–Kier alpha value is -2.12. The smallest absolute Gasteiger partial charge is 0.444 e. The molecule has 110 valence electrons. The monoisotopic (exact) mass is 290 g/mol. The van der Waals surface area contributed by atoms with Gasteiger partial charge in [-0.1, -0.05) is 0 Å². The molecule has 0 spiro atoms. The summed E-state index contributed by atoms with van der Waals surface area (Å²) in [4.78, 5) is 26.2. The predicted octanol–water partition coefficient (Wildman–Crippen LogP) is 3.17. The van der Waals surface area contributed by atoms with E-state index in [4.69, 9.17) is 4.74 Å². The second-order valence-electron chi connectivity index (χ2n) is 4.88. The number of anilines is 1. The van der Waals surface area contributed by atoms with Gasteiger partial charge in [-0.25, -0.2) is 4.79 Å². The van der Waals surface area contributed by atoms with E-state index in [0.717, 1.165) is 18.5 Å². The lowest BCUT2D eigenvalue weighted by atomic mass is 10.1. The summed E-state index contributed by atoms with van der Waals surface area (Å²) in [5.41, 5.74) is -1.87. The summed E-state index contributed by atoms with van der Waals surface area (Å²) < 4.78 is 42.1. The molecule has 0 aliphatic carbocycles. The molecule has 0 fully saturated rings. The van der Waals surface area contributed by atoms with Crippen molar-refractivity contribution in [2.45, 2.75) is 32.5 Å². The van der Waals surface area contributed by atoms with Crippen LogP contribution in [0.1, 0.15) is 31.1 Å². The van der Waals surface area contributed by atoms with Gasteiger partial charge in [0.15, 0.2) is 0 Å². The van der Waals surface area contributed by atoms with Crippen LogP contribution in [-0.2, 0) is 4.74 Å². The Bertz CT molecular complexity index is 521. The number of alkyl halides is 3. The van der Waals surface area contributed by atoms with Crippen molar-refractivity contribution in [3.8, 4) is 0 Å². The Labute approximate surface area is 113 Å². The van der Waals surface area contributed by atoms with Crippen LogP contribution >= 0.6 is 0 Å². The minimum Gasteiger partial charge on any atom is -0.444 e. The normalized spacial score (nSPS) is 11.9. The first kappa shape index (κ1) is 15.9. The fourth-order valence-electron chi connectivity index (χ4n) is 1.25. The van der Waals surface area contributed by atoms with Gasteiger partial charge in [-0.3, -0.25) is 15.1 Å². The van der Waals surface area contributed by atoms with Gasteiger partial charge in [0.05, 0.1) is 11.3 Å². The number of halogens is 3. The third-order valence-electron chi connectivity index (χ3n) is 1.96. The van der Waals surface area contributed by atoms with Crippen LogP contribution in [-0.4, -0.2) is 28.6 Å². The molecule has 8 heteroatoms. The van der Waals surface area contributed by atoms with E-state index in [1.807, 2.05) is 0 Å². The van der Waals surface area contributed by atoms with E-state index in [0.29, 0.717) is 0 Å². The molecule has 0 saturated heterocycles. The number of carbonyl (C=O) groups is 2. The van der Waals surface area contributed by atoms with Crippen molar-refractivity contribution in [3.63, 3.8) is 0 Å². The molecule has 0 radical (unpaired) electrons. The number of Topliss-reactive ketones (excluding diaryl/α,β-unsaturated/α-hetero) is 1. The molecule has 0 aliphatic heterocycles. The molecule has 20 heavy (non-hydrogen) atoms. The molecule has 1 heterocycles. The molecule has 5 nitrogen and oxygen atoms in total. The minimum atomic E-state index is -5.05. The van der Waals surface area contributed by atoms with Crippen LogP contribution in [0, 0.1) is 0 Å². The molecule has 1 amide bonds. The largest absolute Gasteiger partial charge is 0.455 e. The molecule has 1 N–H and O–H groups in total. The second-order valence-corrected chi connectivity index (χ2v) is 4.88. The highest BCUT2D eigenvalue weighted by Crippen LogP contribution is 2.25. The topological polar surface area (TPSA) is 68.3 Å². The van der Waals surface area contributed by atoms with E-state index < -0.39 is 29.2 Å². The summed E-state index contributed by atoms with van der Waals surface area (Å²) in [5, 5.41) is 2.10. The van der Waals surface area contributed by atoms with Crippen LogP contribution in [0.2, 0.25) is 0 Å². The molecule has 0 unspecified atom stereocenters. The number of nitrogens with zero attached hydrogens (tertiary/aromatic N) is 1. The Morgan fingerprint density at radius 2 is 1.85 bits per heavy atom. The van der Waals surface area contributed by atoms with Crippen molar-refractivity contribution >= 4 is 17.6 Å². The number of rotatable bonds is 2. The van der Waals surface area contributed by atoms with Gasteiger partial charge in [-0.05, 0) is 26.8 Å². The maximum atomic E-state index is 12.4. The van der Waals surface area contributed by atoms with Crippen molar-refractivity contribution in [1.29, 1.82) is 0 Å². The summed E-state index contributed by atoms with van der Waals surface area (Å²) in [6.45, 7) is 4.79. The van der Waals surface area contributed by atoms with E-state index in [-0.39, 0.29) is 5.69 Å². The zero-order valence-corrected chi connectivity index (χ0v) is 11.0. The average Bonchev–Trinajstić information content (AvgIpc) is 2.24. The lowest BCUT2D eigenvalue weighted by molar-refractivity contribution is -0.0885. The van der Waals surface area contributed by atoms with Gasteiger partial charge in [0, 0.05) is 12.4 Å². The first-order valence-corrected chi connectivity index (χ1v) is 5.56. The van der Waals surface area contributed by atoms with Gasteiger partial charge in [0.1, 0.15) is 5.60 Å². The molecule has 0 saturated carbocycles. The zero-order chi connectivity index (χ0) is 15.6. The van der Waals surface area contributed by atoms with Crippen LogP contribution in [0.25, 0.3) is 0 Å². The number of carbonyl (C=O) groups excluding carboxylic acids is 2. The van der Waals surface area contributed by atoms with Crippen LogP contribution in [0.5, 0.6) is 0 Å². The lowest BCUT2D eigenvalue weighted by Crippen LogP contribution is -2.29. The van der Waals surface area contributed by atoms with Gasteiger partial charge in [0.2, 0.25) is 0 Å². The fraction of sp³-hybridized carbons (Fsp3) is 0.417. The summed E-state index contributed by atoms with van der Waals surface area (Å²) in [7, 11) is 0. The maximum Gasteiger partial charge on any atom is 0.455 e. The molecule has 1 aromatic rings. The fourth-order valence-corrected chi connectivity index (χ4v) is 1.25. The van der Waals surface area contributed by atoms with E-state index in [2.05, 4.69) is 10.3 Å². The Kier molecular flexibility index (Phi) is 4.36. The van der Waals surface area contributed by atoms with Crippen LogP contribution in [0.3, 0.4) is 0 Å². The van der Waals surface area contributed by atoms with E-state index in [1.165, 1.54) is 0 Å². The van der Waals surface area contributed by atoms with Gasteiger partial charge in [-0.15, -0.1) is 0 Å². The van der Waals surface area contributed by atoms with Crippen LogP contribution in [0.4, 0.5) is 23.7 Å². The molecule has 0 aromatic carbocycles. The van der Waals surface area contributed by atoms with Crippen molar-refractivity contribution in [1.82, 2.24) is 4.98 Å². The van der Waals surface area contributed by atoms with E-state index in [9.17, 15) is 22.8 Å². The Morgan fingerprint density at radius 1 is 1.25 bits per heavy atom. The first-order valence-electron chi connectivity index (χ1n) is 5.56. The molecule has 0 bridgehead atoms. The molecule has 1 aromatic heterocycles. The highest BCUT2D eigenvalue weighted by molar-refractivity contribution is 6.06. The van der Waals surface area contributed by atoms with Crippen LogP contribution < -0.4 is 5.32 Å². The first-order chi connectivity index (χ1) is 9.00. The van der Waals surface area contributed by atoms with Gasteiger partial charge in [-0.2, -0.15) is 13.2 Å². The summed E-state index contributed by atoms with van der Waals surface area (Å²) in [6, 6.07) is 1.09. The molecular formula is C12H13F3N2O3. The SMILES string of the molecule is CC(C)(C)OC(=O)Nc1ccncc1C(=O)C(F)(F)F. The number of hydrogen-bond acceptors (Lipinski definition) is 4. The summed E-state index contributed by atoms with van der Waals surface area (Å²) in [5.74, 6) is -2.09. The highest BCUT2D eigenvalue weighted by Gasteiger charge is 2.40. The predicted molar refractivity (Wildman–Crippen MR) is 64.5 cm³/mol. The third kappa shape index (κ3) is 4.52. The minimum absolute atomic E-state index is 0.309. The van der Waals surface area contributed by atoms with Crippen molar-refractivity contribution in [3.05, 3.63) is 24.0 Å². The van der Waals surface area contributed by atoms with Crippen molar-refractivity contribution in [2.24, 2.45) is 0 Å².